The highest BCUT2D eigenvalue weighted by Crippen LogP contribution is 2.29. The minimum absolute atomic E-state index is 0.00947. The van der Waals surface area contributed by atoms with Crippen LogP contribution in [0.4, 0.5) is 13.2 Å². The lowest BCUT2D eigenvalue weighted by atomic mass is 9.74. The lowest BCUT2D eigenvalue weighted by Gasteiger charge is -2.21. The summed E-state index contributed by atoms with van der Waals surface area (Å²) in [5, 5.41) is 3.04. The van der Waals surface area contributed by atoms with Gasteiger partial charge in [0.25, 0.3) is 0 Å². The largest absolute Gasteiger partial charge is 0.494 e. The number of hydrogen-bond donors (Lipinski definition) is 1. The Morgan fingerprint density at radius 1 is 1.25 bits per heavy atom. The zero-order valence-electron chi connectivity index (χ0n) is 13.5. The van der Waals surface area contributed by atoms with E-state index < -0.39 is 30.9 Å². The van der Waals surface area contributed by atoms with Crippen LogP contribution in [0.25, 0.3) is 0 Å². The second-order valence-electron chi connectivity index (χ2n) is 5.58. The first-order valence-electron chi connectivity index (χ1n) is 7.65. The molecule has 0 amide bonds. The van der Waals surface area contributed by atoms with Crippen molar-refractivity contribution in [3.05, 3.63) is 29.3 Å². The summed E-state index contributed by atoms with van der Waals surface area (Å²) in [6.45, 7) is 4.92. The van der Waals surface area contributed by atoms with Crippen LogP contribution in [0.1, 0.15) is 29.8 Å². The highest BCUT2D eigenvalue weighted by atomic mass is 19.4. The molecule has 1 aliphatic heterocycles. The van der Waals surface area contributed by atoms with Crippen LogP contribution >= 0.6 is 0 Å². The molecule has 2 rings (SSSR count). The van der Waals surface area contributed by atoms with Gasteiger partial charge in [0.2, 0.25) is 0 Å². The lowest BCUT2D eigenvalue weighted by Crippen LogP contribution is -2.45. The quantitative estimate of drug-likeness (QED) is 0.666. The van der Waals surface area contributed by atoms with E-state index in [1.54, 1.807) is 13.8 Å². The molecular formula is C15H19BF3NO4. The average Bonchev–Trinajstić information content (AvgIpc) is 2.44. The number of benzene rings is 1. The normalized spacial score (nSPS) is 16.7. The van der Waals surface area contributed by atoms with Crippen LogP contribution < -0.4 is 10.8 Å². The molecule has 1 aromatic rings. The number of hydrogen-bond acceptors (Lipinski definition) is 5. The van der Waals surface area contributed by atoms with Crippen molar-refractivity contribution in [3.63, 3.8) is 0 Å². The summed E-state index contributed by atoms with van der Waals surface area (Å²) in [7, 11) is -1.05. The highest BCUT2D eigenvalue weighted by Gasteiger charge is 2.35. The van der Waals surface area contributed by atoms with Gasteiger partial charge in [0.1, 0.15) is 0 Å². The van der Waals surface area contributed by atoms with Crippen LogP contribution in [-0.2, 0) is 20.2 Å². The predicted octanol–water partition coefficient (Wildman–Crippen LogP) is 1.60. The van der Waals surface area contributed by atoms with Gasteiger partial charge in [-0.1, -0.05) is 0 Å². The van der Waals surface area contributed by atoms with Gasteiger partial charge in [-0.2, -0.15) is 13.2 Å². The highest BCUT2D eigenvalue weighted by molar-refractivity contribution is 6.63. The number of alkyl halides is 3. The number of ether oxygens (including phenoxy) is 1. The summed E-state index contributed by atoms with van der Waals surface area (Å²) in [6.07, 6.45) is -4.92. The van der Waals surface area contributed by atoms with E-state index in [-0.39, 0.29) is 24.2 Å². The Morgan fingerprint density at radius 2 is 1.88 bits per heavy atom. The molecule has 24 heavy (non-hydrogen) atoms. The number of nitrogens with one attached hydrogen (secondary N) is 1. The van der Waals surface area contributed by atoms with E-state index in [1.807, 2.05) is 0 Å². The molecule has 132 valence electrons. The van der Waals surface area contributed by atoms with Gasteiger partial charge in [-0.05, 0) is 37.5 Å². The Balaban J connectivity index is 2.40. The van der Waals surface area contributed by atoms with Crippen LogP contribution in [0.2, 0.25) is 0 Å². The van der Waals surface area contributed by atoms with Gasteiger partial charge in [0, 0.05) is 26.3 Å². The molecule has 0 aliphatic carbocycles. The van der Waals surface area contributed by atoms with Crippen molar-refractivity contribution in [1.82, 2.24) is 5.32 Å². The van der Waals surface area contributed by atoms with E-state index in [4.69, 9.17) is 14.0 Å². The Morgan fingerprint density at radius 3 is 2.42 bits per heavy atom. The lowest BCUT2D eigenvalue weighted by molar-refractivity contribution is -0.137. The summed E-state index contributed by atoms with van der Waals surface area (Å²) in [4.78, 5) is 12.2. The van der Waals surface area contributed by atoms with Crippen molar-refractivity contribution in [2.45, 2.75) is 26.1 Å². The molecule has 1 fully saturated rings. The second kappa shape index (κ2) is 8.00. The summed E-state index contributed by atoms with van der Waals surface area (Å²) < 4.78 is 55.1. The van der Waals surface area contributed by atoms with Gasteiger partial charge in [-0.3, -0.25) is 0 Å². The number of halogens is 3. The SMILES string of the molecule is CC(C)OC(=O)c1ccc(C(F)(F)F)cc1B1OCCNCCO1. The van der Waals surface area contributed by atoms with Gasteiger partial charge >= 0.3 is 19.3 Å². The monoisotopic (exact) mass is 345 g/mol. The van der Waals surface area contributed by atoms with Crippen molar-refractivity contribution in [2.75, 3.05) is 26.3 Å². The van der Waals surface area contributed by atoms with Crippen LogP contribution in [0.15, 0.2) is 18.2 Å². The fourth-order valence-corrected chi connectivity index (χ4v) is 2.23. The average molecular weight is 345 g/mol. The Hall–Kier alpha value is -1.58. The zero-order chi connectivity index (χ0) is 17.7. The van der Waals surface area contributed by atoms with Gasteiger partial charge in [0.05, 0.1) is 17.2 Å². The number of carbonyl (C=O) groups excluding carboxylic acids is 1. The fraction of sp³-hybridized carbons (Fsp3) is 0.533. The summed E-state index contributed by atoms with van der Waals surface area (Å²) >= 11 is 0. The van der Waals surface area contributed by atoms with E-state index in [0.29, 0.717) is 13.1 Å². The van der Waals surface area contributed by atoms with E-state index >= 15 is 0 Å². The third-order valence-electron chi connectivity index (χ3n) is 3.29. The predicted molar refractivity (Wildman–Crippen MR) is 82.2 cm³/mol. The number of rotatable bonds is 3. The van der Waals surface area contributed by atoms with Crippen molar-refractivity contribution in [2.24, 2.45) is 0 Å². The van der Waals surface area contributed by atoms with Crippen molar-refractivity contribution in [1.29, 1.82) is 0 Å². The smallest absolute Gasteiger partial charge is 0.459 e. The molecule has 9 heteroatoms. The fourth-order valence-electron chi connectivity index (χ4n) is 2.23. The minimum Gasteiger partial charge on any atom is -0.459 e. The van der Waals surface area contributed by atoms with E-state index in [2.05, 4.69) is 5.32 Å². The van der Waals surface area contributed by atoms with E-state index in [9.17, 15) is 18.0 Å². The third kappa shape index (κ3) is 4.96. The van der Waals surface area contributed by atoms with Crippen LogP contribution in [0, 0.1) is 0 Å². The number of esters is 1. The maximum Gasteiger partial charge on any atom is 0.494 e. The van der Waals surface area contributed by atoms with Gasteiger partial charge in [-0.15, -0.1) is 0 Å². The van der Waals surface area contributed by atoms with Crippen LogP contribution in [-0.4, -0.2) is 45.5 Å². The molecule has 1 heterocycles. The molecule has 0 radical (unpaired) electrons. The van der Waals surface area contributed by atoms with Gasteiger partial charge < -0.3 is 19.4 Å². The molecule has 0 atom stereocenters. The molecule has 1 aliphatic rings. The third-order valence-corrected chi connectivity index (χ3v) is 3.29. The summed E-state index contributed by atoms with van der Waals surface area (Å²) in [5.41, 5.74) is -0.835. The van der Waals surface area contributed by atoms with Crippen LogP contribution in [0.5, 0.6) is 0 Å². The number of carbonyl (C=O) groups is 1. The molecule has 1 saturated heterocycles. The molecule has 1 aromatic carbocycles. The summed E-state index contributed by atoms with van der Waals surface area (Å²) in [5.74, 6) is -0.707. The molecule has 5 nitrogen and oxygen atoms in total. The molecule has 0 saturated carbocycles. The van der Waals surface area contributed by atoms with Crippen LogP contribution in [0.3, 0.4) is 0 Å². The topological polar surface area (TPSA) is 56.8 Å². The Kier molecular flexibility index (Phi) is 6.25. The maximum atomic E-state index is 13.0. The molecule has 0 bridgehead atoms. The first-order valence-corrected chi connectivity index (χ1v) is 7.65. The Bertz CT molecular complexity index is 572. The van der Waals surface area contributed by atoms with Crippen molar-refractivity contribution in [3.8, 4) is 0 Å². The standard InChI is InChI=1S/C15H19BF3NO4/c1-10(2)24-14(21)12-4-3-11(15(17,18)19)9-13(12)16-22-7-5-20-6-8-23-16/h3-4,9-10,20H,5-8H2,1-2H3. The van der Waals surface area contributed by atoms with Gasteiger partial charge in [-0.25, -0.2) is 4.79 Å². The maximum absolute atomic E-state index is 13.0. The van der Waals surface area contributed by atoms with Gasteiger partial charge in [0.15, 0.2) is 0 Å². The van der Waals surface area contributed by atoms with E-state index in [1.165, 1.54) is 0 Å². The first kappa shape index (κ1) is 18.8. The molecule has 1 N–H and O–H groups in total. The zero-order valence-corrected chi connectivity index (χ0v) is 13.5. The van der Waals surface area contributed by atoms with E-state index in [0.717, 1.165) is 18.2 Å². The summed E-state index contributed by atoms with van der Waals surface area (Å²) in [6, 6.07) is 2.84. The minimum atomic E-state index is -4.53. The first-order chi connectivity index (χ1) is 11.3. The molecule has 0 spiro atoms. The molecular weight excluding hydrogens is 326 g/mol. The second-order valence-corrected chi connectivity index (χ2v) is 5.58. The van der Waals surface area contributed by atoms with Crippen molar-refractivity contribution < 1.29 is 32.0 Å². The molecule has 0 aromatic heterocycles. The molecule has 0 unspecified atom stereocenters. The van der Waals surface area contributed by atoms with Crippen molar-refractivity contribution >= 4 is 18.6 Å². The Labute approximate surface area is 138 Å².